The molecule has 0 bridgehead atoms. The van der Waals surface area contributed by atoms with E-state index in [4.69, 9.17) is 4.42 Å². The van der Waals surface area contributed by atoms with Crippen molar-refractivity contribution in [3.05, 3.63) is 20.4 Å². The highest BCUT2D eigenvalue weighted by atomic mass is 32.1. The van der Waals surface area contributed by atoms with E-state index >= 15 is 0 Å². The average Bonchev–Trinajstić information content (AvgIpc) is 2.08. The minimum atomic E-state index is -0.201. The van der Waals surface area contributed by atoms with Crippen molar-refractivity contribution in [2.24, 2.45) is 0 Å². The Kier molecular flexibility index (Phi) is 1.92. The molecule has 0 aromatic carbocycles. The van der Waals surface area contributed by atoms with Gasteiger partial charge in [0.25, 0.3) is 0 Å². The Balaban J connectivity index is 3.24. The normalized spacial score (nSPS) is 12.0. The fraction of sp³-hybridized carbons (Fsp3) is 0.625. The maximum absolute atomic E-state index is 10.8. The maximum atomic E-state index is 10.8. The van der Waals surface area contributed by atoms with Crippen LogP contribution in [0.4, 0.5) is 0 Å². The predicted molar refractivity (Wildman–Crippen MR) is 46.3 cm³/mol. The molecular weight excluding hydrogens is 160 g/mol. The second kappa shape index (κ2) is 2.48. The Bertz CT molecular complexity index is 301. The molecule has 0 spiro atoms. The third-order valence-corrected chi connectivity index (χ3v) is 2.16. The molecule has 0 aliphatic rings. The smallest absolute Gasteiger partial charge is 0.395 e. The summed E-state index contributed by atoms with van der Waals surface area (Å²) in [6, 6.07) is 0. The topological polar surface area (TPSA) is 30.2 Å². The zero-order valence-corrected chi connectivity index (χ0v) is 8.04. The highest BCUT2D eigenvalue weighted by Gasteiger charge is 2.21. The van der Waals surface area contributed by atoms with Crippen LogP contribution in [0.5, 0.6) is 0 Å². The van der Waals surface area contributed by atoms with Crippen molar-refractivity contribution in [3.8, 4) is 0 Å². The van der Waals surface area contributed by atoms with E-state index in [-0.39, 0.29) is 10.4 Å². The fourth-order valence-electron chi connectivity index (χ4n) is 1.03. The van der Waals surface area contributed by atoms with Crippen LogP contribution in [0.2, 0.25) is 0 Å². The molecule has 2 nitrogen and oxygen atoms in total. The van der Waals surface area contributed by atoms with E-state index in [1.807, 2.05) is 27.7 Å². The van der Waals surface area contributed by atoms with Gasteiger partial charge in [0.2, 0.25) is 0 Å². The molecule has 0 aliphatic heterocycles. The van der Waals surface area contributed by atoms with Crippen molar-refractivity contribution in [3.63, 3.8) is 0 Å². The molecule has 62 valence electrons. The summed E-state index contributed by atoms with van der Waals surface area (Å²) in [5, 5.41) is 0. The van der Waals surface area contributed by atoms with E-state index in [2.05, 4.69) is 0 Å². The monoisotopic (exact) mass is 172 g/mol. The van der Waals surface area contributed by atoms with Gasteiger partial charge >= 0.3 is 4.94 Å². The summed E-state index contributed by atoms with van der Waals surface area (Å²) in [5.41, 5.74) is -0.0523. The van der Waals surface area contributed by atoms with Crippen LogP contribution in [0.25, 0.3) is 0 Å². The fourth-order valence-corrected chi connectivity index (χ4v) is 1.84. The molecule has 1 aromatic rings. The predicted octanol–water partition coefficient (Wildman–Crippen LogP) is 2.31. The van der Waals surface area contributed by atoms with E-state index in [1.165, 1.54) is 11.3 Å². The van der Waals surface area contributed by atoms with Crippen LogP contribution in [-0.2, 0) is 5.41 Å². The van der Waals surface area contributed by atoms with Crippen LogP contribution in [0, 0.1) is 6.92 Å². The van der Waals surface area contributed by atoms with Gasteiger partial charge < -0.3 is 4.42 Å². The first kappa shape index (κ1) is 8.53. The van der Waals surface area contributed by atoms with Crippen molar-refractivity contribution < 1.29 is 4.42 Å². The summed E-state index contributed by atoms with van der Waals surface area (Å²) < 4.78 is 5.04. The second-order valence-electron chi connectivity index (χ2n) is 3.59. The van der Waals surface area contributed by atoms with Gasteiger partial charge in [-0.2, -0.15) is 0 Å². The van der Waals surface area contributed by atoms with Crippen LogP contribution >= 0.6 is 11.3 Å². The molecule has 1 aromatic heterocycles. The molecule has 1 heterocycles. The highest BCUT2D eigenvalue weighted by molar-refractivity contribution is 7.09. The van der Waals surface area contributed by atoms with Crippen molar-refractivity contribution >= 4 is 11.3 Å². The van der Waals surface area contributed by atoms with Gasteiger partial charge in [-0.15, -0.1) is 0 Å². The Hall–Kier alpha value is -0.570. The number of rotatable bonds is 0. The summed E-state index contributed by atoms with van der Waals surface area (Å²) in [6.07, 6.45) is 0. The lowest BCUT2D eigenvalue weighted by Gasteiger charge is -2.14. The van der Waals surface area contributed by atoms with Crippen LogP contribution in [0.1, 0.15) is 31.4 Å². The minimum Gasteiger partial charge on any atom is -0.418 e. The molecule has 11 heavy (non-hydrogen) atoms. The summed E-state index contributed by atoms with van der Waals surface area (Å²) in [7, 11) is 0. The number of hydrogen-bond acceptors (Lipinski definition) is 3. The van der Waals surface area contributed by atoms with Crippen molar-refractivity contribution in [1.82, 2.24) is 0 Å². The molecule has 0 unspecified atom stereocenters. The zero-order valence-electron chi connectivity index (χ0n) is 7.22. The molecule has 0 atom stereocenters. The molecule has 1 rings (SSSR count). The van der Waals surface area contributed by atoms with Crippen LogP contribution in [0.15, 0.2) is 9.21 Å². The van der Waals surface area contributed by atoms with Gasteiger partial charge in [0, 0.05) is 10.3 Å². The van der Waals surface area contributed by atoms with Crippen LogP contribution in [0.3, 0.4) is 0 Å². The first-order valence-electron chi connectivity index (χ1n) is 3.52. The summed E-state index contributed by atoms with van der Waals surface area (Å²) in [5.74, 6) is 0.813. The largest absolute Gasteiger partial charge is 0.418 e. The van der Waals surface area contributed by atoms with Crippen molar-refractivity contribution in [1.29, 1.82) is 0 Å². The lowest BCUT2D eigenvalue weighted by molar-refractivity contribution is 0.391. The SMILES string of the molecule is Cc1sc(=O)oc1C(C)(C)C. The lowest BCUT2D eigenvalue weighted by atomic mass is 9.93. The van der Waals surface area contributed by atoms with Gasteiger partial charge in [-0.3, -0.25) is 0 Å². The average molecular weight is 172 g/mol. The summed E-state index contributed by atoms with van der Waals surface area (Å²) in [6.45, 7) is 8.01. The van der Waals surface area contributed by atoms with E-state index < -0.39 is 0 Å². The first-order chi connectivity index (χ1) is 4.91. The van der Waals surface area contributed by atoms with Crippen molar-refractivity contribution in [2.75, 3.05) is 0 Å². The van der Waals surface area contributed by atoms with Gasteiger partial charge in [-0.25, -0.2) is 4.79 Å². The Morgan fingerprint density at radius 2 is 1.91 bits per heavy atom. The van der Waals surface area contributed by atoms with Gasteiger partial charge in [-0.1, -0.05) is 32.1 Å². The quantitative estimate of drug-likeness (QED) is 0.601. The second-order valence-corrected chi connectivity index (χ2v) is 4.74. The van der Waals surface area contributed by atoms with Gasteiger partial charge in [0.05, 0.1) is 0 Å². The number of hydrogen-bond donors (Lipinski definition) is 0. The Morgan fingerprint density at radius 1 is 1.36 bits per heavy atom. The molecule has 0 fully saturated rings. The van der Waals surface area contributed by atoms with Crippen LogP contribution in [-0.4, -0.2) is 0 Å². The molecule has 0 radical (unpaired) electrons. The highest BCUT2D eigenvalue weighted by Crippen LogP contribution is 2.26. The molecule has 0 N–H and O–H groups in total. The van der Waals surface area contributed by atoms with Gasteiger partial charge in [0.15, 0.2) is 0 Å². The molecule has 0 amide bonds. The summed E-state index contributed by atoms with van der Waals surface area (Å²) >= 11 is 1.17. The van der Waals surface area contributed by atoms with E-state index in [0.717, 1.165) is 10.6 Å². The van der Waals surface area contributed by atoms with Crippen molar-refractivity contribution in [2.45, 2.75) is 33.1 Å². The molecule has 0 aliphatic carbocycles. The van der Waals surface area contributed by atoms with Gasteiger partial charge in [-0.05, 0) is 6.92 Å². The molecule has 0 saturated carbocycles. The standard InChI is InChI=1S/C8H12O2S/c1-5-6(8(2,3)4)10-7(9)11-5/h1-4H3. The Morgan fingerprint density at radius 3 is 2.09 bits per heavy atom. The lowest BCUT2D eigenvalue weighted by Crippen LogP contribution is -2.11. The minimum absolute atomic E-state index is 0.0523. The molecule has 3 heteroatoms. The third-order valence-electron chi connectivity index (χ3n) is 1.42. The molecule has 0 saturated heterocycles. The van der Waals surface area contributed by atoms with Crippen LogP contribution < -0.4 is 4.94 Å². The summed E-state index contributed by atoms with van der Waals surface area (Å²) in [4.78, 5) is 11.6. The first-order valence-corrected chi connectivity index (χ1v) is 4.34. The Labute approximate surface area is 69.9 Å². The van der Waals surface area contributed by atoms with E-state index in [0.29, 0.717) is 0 Å². The zero-order chi connectivity index (χ0) is 8.65. The number of aryl methyl sites for hydroxylation is 1. The maximum Gasteiger partial charge on any atom is 0.395 e. The van der Waals surface area contributed by atoms with E-state index in [9.17, 15) is 4.79 Å². The molecular formula is C8H12O2S. The third kappa shape index (κ3) is 1.71. The van der Waals surface area contributed by atoms with E-state index in [1.54, 1.807) is 0 Å². The van der Waals surface area contributed by atoms with Gasteiger partial charge in [0.1, 0.15) is 5.76 Å².